The second kappa shape index (κ2) is 5.94. The molecule has 0 saturated heterocycles. The first-order chi connectivity index (χ1) is 9.73. The number of halogens is 1. The molecule has 3 N–H and O–H groups in total. The number of carbonyl (C=O) groups excluding carboxylic acids is 1. The van der Waals surface area contributed by atoms with Gasteiger partial charge in [-0.25, -0.2) is 0 Å². The molecule has 0 unspecified atom stereocenters. The van der Waals surface area contributed by atoms with Gasteiger partial charge in [0.25, 0.3) is 5.91 Å². The summed E-state index contributed by atoms with van der Waals surface area (Å²) in [6.07, 6.45) is 0. The first kappa shape index (κ1) is 16.3. The van der Waals surface area contributed by atoms with E-state index in [0.29, 0.717) is 17.1 Å². The monoisotopic (exact) mass is 370 g/mol. The van der Waals surface area contributed by atoms with Gasteiger partial charge >= 0.3 is 0 Å². The molecular weight excluding hydrogens is 352 g/mol. The largest absolute Gasteiger partial charge is 0.397 e. The average Bonchev–Trinajstić information content (AvgIpc) is 2.71. The second-order valence-electron chi connectivity index (χ2n) is 5.62. The topological polar surface area (TPSA) is 66.6 Å². The number of aliphatic hydroxyl groups is 1. The molecule has 0 aliphatic carbocycles. The van der Waals surface area contributed by atoms with Crippen LogP contribution in [0.15, 0.2) is 22.7 Å². The third-order valence-corrected chi connectivity index (χ3v) is 4.78. The predicted octanol–water partition coefficient (Wildman–Crippen LogP) is 3.48. The number of rotatable bonds is 4. The van der Waals surface area contributed by atoms with Crippen molar-refractivity contribution in [3.63, 3.8) is 0 Å². The number of likely N-dealkylation sites (N-methyl/N-ethyl adjacent to an activating group) is 1. The fourth-order valence-corrected chi connectivity index (χ4v) is 3.83. The Hall–Kier alpha value is -1.11. The van der Waals surface area contributed by atoms with Crippen LogP contribution < -0.4 is 5.73 Å². The van der Waals surface area contributed by atoms with Crippen molar-refractivity contribution >= 4 is 48.9 Å². The van der Waals surface area contributed by atoms with Gasteiger partial charge in [0.1, 0.15) is 4.88 Å². The van der Waals surface area contributed by atoms with Crippen LogP contribution in [0.5, 0.6) is 0 Å². The van der Waals surface area contributed by atoms with Gasteiger partial charge in [-0.2, -0.15) is 0 Å². The number of hydrogen-bond donors (Lipinski definition) is 2. The standard InChI is InChI=1S/C15H19BrN2O2S/c1-4-18(8-15(2,3)20)14(19)13-12(17)10-6-5-9(16)7-11(10)21-13/h5-7,20H,4,8,17H2,1-3H3. The minimum Gasteiger partial charge on any atom is -0.397 e. The molecule has 1 amide bonds. The van der Waals surface area contributed by atoms with Crippen LogP contribution in [0.1, 0.15) is 30.4 Å². The number of anilines is 1. The van der Waals surface area contributed by atoms with E-state index in [1.165, 1.54) is 11.3 Å². The van der Waals surface area contributed by atoms with E-state index in [1.807, 2.05) is 25.1 Å². The van der Waals surface area contributed by atoms with Crippen LogP contribution in [0.4, 0.5) is 5.69 Å². The second-order valence-corrected chi connectivity index (χ2v) is 7.58. The number of amides is 1. The first-order valence-electron chi connectivity index (χ1n) is 6.72. The van der Waals surface area contributed by atoms with E-state index in [-0.39, 0.29) is 12.5 Å². The fraction of sp³-hybridized carbons (Fsp3) is 0.400. The van der Waals surface area contributed by atoms with Gasteiger partial charge in [-0.15, -0.1) is 11.3 Å². The van der Waals surface area contributed by atoms with Gasteiger partial charge in [-0.05, 0) is 32.9 Å². The smallest absolute Gasteiger partial charge is 0.266 e. The molecule has 0 aliphatic rings. The lowest BCUT2D eigenvalue weighted by atomic mass is 10.1. The van der Waals surface area contributed by atoms with Crippen molar-refractivity contribution in [1.82, 2.24) is 4.90 Å². The van der Waals surface area contributed by atoms with Crippen LogP contribution in [-0.4, -0.2) is 34.6 Å². The van der Waals surface area contributed by atoms with Crippen molar-refractivity contribution in [3.8, 4) is 0 Å². The van der Waals surface area contributed by atoms with E-state index in [0.717, 1.165) is 14.6 Å². The summed E-state index contributed by atoms with van der Waals surface area (Å²) in [7, 11) is 0. The van der Waals surface area contributed by atoms with Crippen molar-refractivity contribution in [2.75, 3.05) is 18.8 Å². The van der Waals surface area contributed by atoms with Crippen LogP contribution in [0.2, 0.25) is 0 Å². The molecule has 114 valence electrons. The Morgan fingerprint density at radius 1 is 1.48 bits per heavy atom. The summed E-state index contributed by atoms with van der Waals surface area (Å²) in [4.78, 5) is 14.8. The van der Waals surface area contributed by atoms with Gasteiger partial charge in [0.2, 0.25) is 0 Å². The van der Waals surface area contributed by atoms with E-state index >= 15 is 0 Å². The molecule has 4 nitrogen and oxygen atoms in total. The number of nitrogens with zero attached hydrogens (tertiary/aromatic N) is 1. The zero-order valence-electron chi connectivity index (χ0n) is 12.3. The maximum atomic E-state index is 12.7. The van der Waals surface area contributed by atoms with Crippen LogP contribution >= 0.6 is 27.3 Å². The highest BCUT2D eigenvalue weighted by Gasteiger charge is 2.25. The van der Waals surface area contributed by atoms with Crippen LogP contribution in [0, 0.1) is 0 Å². The number of nitrogen functional groups attached to an aromatic ring is 1. The van der Waals surface area contributed by atoms with Gasteiger partial charge in [-0.3, -0.25) is 4.79 Å². The normalized spacial score (nSPS) is 11.9. The van der Waals surface area contributed by atoms with E-state index in [1.54, 1.807) is 18.7 Å². The zero-order chi connectivity index (χ0) is 15.8. The predicted molar refractivity (Wildman–Crippen MR) is 91.8 cm³/mol. The SMILES string of the molecule is CCN(CC(C)(C)O)C(=O)c1sc2cc(Br)ccc2c1N. The molecule has 0 bridgehead atoms. The van der Waals surface area contributed by atoms with Crippen molar-refractivity contribution in [1.29, 1.82) is 0 Å². The Morgan fingerprint density at radius 3 is 2.71 bits per heavy atom. The van der Waals surface area contributed by atoms with Gasteiger partial charge in [-0.1, -0.05) is 22.0 Å². The minimum absolute atomic E-state index is 0.130. The summed E-state index contributed by atoms with van der Waals surface area (Å²) < 4.78 is 1.93. The summed E-state index contributed by atoms with van der Waals surface area (Å²) in [6, 6.07) is 5.78. The summed E-state index contributed by atoms with van der Waals surface area (Å²) in [5.74, 6) is -0.130. The maximum absolute atomic E-state index is 12.7. The molecule has 2 aromatic rings. The zero-order valence-corrected chi connectivity index (χ0v) is 14.7. The highest BCUT2D eigenvalue weighted by molar-refractivity contribution is 9.10. The minimum atomic E-state index is -0.930. The number of carbonyl (C=O) groups is 1. The Morgan fingerprint density at radius 2 is 2.14 bits per heavy atom. The van der Waals surface area contributed by atoms with Crippen LogP contribution in [0.25, 0.3) is 10.1 Å². The van der Waals surface area contributed by atoms with E-state index in [4.69, 9.17) is 5.73 Å². The Labute approximate surface area is 136 Å². The highest BCUT2D eigenvalue weighted by Crippen LogP contribution is 2.36. The third-order valence-electron chi connectivity index (χ3n) is 3.13. The van der Waals surface area contributed by atoms with Crippen LogP contribution in [-0.2, 0) is 0 Å². The molecule has 21 heavy (non-hydrogen) atoms. The first-order valence-corrected chi connectivity index (χ1v) is 8.33. The van der Waals surface area contributed by atoms with Gasteiger partial charge in [0.05, 0.1) is 11.3 Å². The average molecular weight is 371 g/mol. The molecule has 2 rings (SSSR count). The maximum Gasteiger partial charge on any atom is 0.266 e. The van der Waals surface area contributed by atoms with E-state index in [9.17, 15) is 9.90 Å². The molecule has 0 aliphatic heterocycles. The third kappa shape index (κ3) is 3.56. The molecule has 6 heteroatoms. The lowest BCUT2D eigenvalue weighted by Crippen LogP contribution is -2.42. The molecule has 0 atom stereocenters. The molecular formula is C15H19BrN2O2S. The molecule has 0 fully saturated rings. The van der Waals surface area contributed by atoms with Gasteiger partial charge in [0, 0.05) is 27.6 Å². The summed E-state index contributed by atoms with van der Waals surface area (Å²) in [5.41, 5.74) is 5.72. The summed E-state index contributed by atoms with van der Waals surface area (Å²) >= 11 is 4.81. The fourth-order valence-electron chi connectivity index (χ4n) is 2.19. The van der Waals surface area contributed by atoms with Crippen molar-refractivity contribution < 1.29 is 9.90 Å². The lowest BCUT2D eigenvalue weighted by molar-refractivity contribution is 0.0318. The Kier molecular flexibility index (Phi) is 4.60. The summed E-state index contributed by atoms with van der Waals surface area (Å²) in [6.45, 7) is 6.08. The Bertz CT molecular complexity index is 676. The van der Waals surface area contributed by atoms with Gasteiger partial charge in [0.15, 0.2) is 0 Å². The number of hydrogen-bond acceptors (Lipinski definition) is 4. The molecule has 0 saturated carbocycles. The summed E-state index contributed by atoms with van der Waals surface area (Å²) in [5, 5.41) is 10.8. The number of thiophene rings is 1. The van der Waals surface area contributed by atoms with Crippen molar-refractivity contribution in [2.45, 2.75) is 26.4 Å². The quantitative estimate of drug-likeness (QED) is 0.865. The van der Waals surface area contributed by atoms with Crippen LogP contribution in [0.3, 0.4) is 0 Å². The molecule has 0 radical (unpaired) electrons. The molecule has 1 aromatic heterocycles. The number of nitrogens with two attached hydrogens (primary N) is 1. The van der Waals surface area contributed by atoms with E-state index in [2.05, 4.69) is 15.9 Å². The highest BCUT2D eigenvalue weighted by atomic mass is 79.9. The lowest BCUT2D eigenvalue weighted by Gasteiger charge is -2.27. The van der Waals surface area contributed by atoms with Crippen molar-refractivity contribution in [2.24, 2.45) is 0 Å². The van der Waals surface area contributed by atoms with Crippen molar-refractivity contribution in [3.05, 3.63) is 27.5 Å². The molecule has 0 spiro atoms. The van der Waals surface area contributed by atoms with Gasteiger partial charge < -0.3 is 15.7 Å². The molecule has 1 aromatic carbocycles. The Balaban J connectivity index is 2.40. The number of benzene rings is 1. The van der Waals surface area contributed by atoms with E-state index < -0.39 is 5.60 Å². The number of fused-ring (bicyclic) bond motifs is 1. The molecule has 1 heterocycles.